The van der Waals surface area contributed by atoms with E-state index in [1.165, 1.54) is 11.8 Å². The highest BCUT2D eigenvalue weighted by Gasteiger charge is 2.21. The molecule has 2 aromatic heterocycles. The van der Waals surface area contributed by atoms with Crippen molar-refractivity contribution in [3.63, 3.8) is 0 Å². The Morgan fingerprint density at radius 3 is 2.81 bits per heavy atom. The van der Waals surface area contributed by atoms with Crippen LogP contribution in [-0.2, 0) is 4.74 Å². The van der Waals surface area contributed by atoms with Gasteiger partial charge in [0, 0.05) is 18.3 Å². The highest BCUT2D eigenvalue weighted by Crippen LogP contribution is 2.38. The van der Waals surface area contributed by atoms with Gasteiger partial charge in [-0.15, -0.1) is 0 Å². The van der Waals surface area contributed by atoms with Crippen LogP contribution in [0.25, 0.3) is 0 Å². The standard InChI is InChI=1S/C18H22N4O3S/c1-12-5-6-13(11-19)16(22-12)26-15(14-7-10-21-25-14)8-9-20-17(23)24-18(2,3)4/h5-7,10,15H,8-9H2,1-4H3,(H,20,23)/t15-/m1/s1. The zero-order valence-corrected chi connectivity index (χ0v) is 16.1. The predicted molar refractivity (Wildman–Crippen MR) is 97.6 cm³/mol. The summed E-state index contributed by atoms with van der Waals surface area (Å²) in [6.45, 7) is 7.70. The first-order chi connectivity index (χ1) is 12.3. The second-order valence-electron chi connectivity index (χ2n) is 6.66. The third-order valence-corrected chi connectivity index (χ3v) is 4.51. The molecule has 26 heavy (non-hydrogen) atoms. The van der Waals surface area contributed by atoms with E-state index < -0.39 is 11.7 Å². The fourth-order valence-electron chi connectivity index (χ4n) is 2.11. The Hall–Kier alpha value is -2.53. The number of amides is 1. The van der Waals surface area contributed by atoms with Gasteiger partial charge in [-0.2, -0.15) is 5.26 Å². The van der Waals surface area contributed by atoms with Gasteiger partial charge < -0.3 is 14.6 Å². The lowest BCUT2D eigenvalue weighted by molar-refractivity contribution is 0.0527. The molecule has 8 heteroatoms. The molecule has 0 spiro atoms. The van der Waals surface area contributed by atoms with Gasteiger partial charge in [0.15, 0.2) is 0 Å². The van der Waals surface area contributed by atoms with Gasteiger partial charge in [-0.3, -0.25) is 0 Å². The van der Waals surface area contributed by atoms with Crippen LogP contribution >= 0.6 is 11.8 Å². The van der Waals surface area contributed by atoms with E-state index in [4.69, 9.17) is 9.26 Å². The van der Waals surface area contributed by atoms with Crippen LogP contribution in [0.4, 0.5) is 4.79 Å². The van der Waals surface area contributed by atoms with Crippen LogP contribution < -0.4 is 5.32 Å². The summed E-state index contributed by atoms with van der Waals surface area (Å²) in [6.07, 6.45) is 1.67. The average Bonchev–Trinajstić information content (AvgIpc) is 3.06. The summed E-state index contributed by atoms with van der Waals surface area (Å²) in [5.41, 5.74) is 0.788. The first kappa shape index (κ1) is 19.8. The van der Waals surface area contributed by atoms with Crippen LogP contribution in [0.15, 0.2) is 33.9 Å². The molecule has 1 N–H and O–H groups in total. The third-order valence-electron chi connectivity index (χ3n) is 3.22. The molecule has 0 unspecified atom stereocenters. The van der Waals surface area contributed by atoms with Crippen molar-refractivity contribution < 1.29 is 14.1 Å². The number of alkyl carbamates (subject to hydrolysis) is 1. The largest absolute Gasteiger partial charge is 0.444 e. The van der Waals surface area contributed by atoms with Gasteiger partial charge in [-0.25, -0.2) is 9.78 Å². The molecule has 0 fully saturated rings. The number of nitrogens with one attached hydrogen (secondary N) is 1. The summed E-state index contributed by atoms with van der Waals surface area (Å²) in [5, 5.41) is 16.3. The normalized spacial score (nSPS) is 12.3. The molecule has 1 amide bonds. The van der Waals surface area contributed by atoms with Gasteiger partial charge in [-0.1, -0.05) is 16.9 Å². The Kier molecular flexibility index (Phi) is 6.64. The van der Waals surface area contributed by atoms with Crippen molar-refractivity contribution in [1.29, 1.82) is 5.26 Å². The van der Waals surface area contributed by atoms with Gasteiger partial charge in [0.05, 0.1) is 17.0 Å². The molecule has 0 aromatic carbocycles. The summed E-state index contributed by atoms with van der Waals surface area (Å²) in [5.74, 6) is 0.660. The first-order valence-electron chi connectivity index (χ1n) is 8.20. The van der Waals surface area contributed by atoms with E-state index in [0.29, 0.717) is 29.3 Å². The Balaban J connectivity index is 2.05. The molecular weight excluding hydrogens is 352 g/mol. The molecule has 2 rings (SSSR count). The minimum Gasteiger partial charge on any atom is -0.444 e. The molecule has 0 bridgehead atoms. The number of nitriles is 1. The van der Waals surface area contributed by atoms with Crippen LogP contribution in [0.2, 0.25) is 0 Å². The molecule has 0 saturated heterocycles. The number of hydrogen-bond acceptors (Lipinski definition) is 7. The number of carbonyl (C=O) groups excluding carboxylic acids is 1. The van der Waals surface area contributed by atoms with E-state index in [-0.39, 0.29) is 5.25 Å². The first-order valence-corrected chi connectivity index (χ1v) is 9.08. The van der Waals surface area contributed by atoms with E-state index in [2.05, 4.69) is 21.5 Å². The van der Waals surface area contributed by atoms with Crippen molar-refractivity contribution in [2.75, 3.05) is 6.54 Å². The molecular formula is C18H22N4O3S. The molecule has 1 atom stereocenters. The zero-order chi connectivity index (χ0) is 19.2. The topological polar surface area (TPSA) is 101 Å². The fraction of sp³-hybridized carbons (Fsp3) is 0.444. The Labute approximate surface area is 157 Å². The molecule has 7 nitrogen and oxygen atoms in total. The SMILES string of the molecule is Cc1ccc(C#N)c(S[C@H](CCNC(=O)OC(C)(C)C)c2ccno2)n1. The number of nitrogens with zero attached hydrogens (tertiary/aromatic N) is 3. The number of pyridine rings is 1. The lowest BCUT2D eigenvalue weighted by Crippen LogP contribution is -2.33. The van der Waals surface area contributed by atoms with Crippen molar-refractivity contribution in [2.24, 2.45) is 0 Å². The van der Waals surface area contributed by atoms with E-state index in [0.717, 1.165) is 5.69 Å². The lowest BCUT2D eigenvalue weighted by Gasteiger charge is -2.20. The number of aryl methyl sites for hydroxylation is 1. The molecule has 138 valence electrons. The molecule has 0 aliphatic rings. The van der Waals surface area contributed by atoms with E-state index in [1.807, 2.05) is 27.7 Å². The molecule has 2 heterocycles. The maximum Gasteiger partial charge on any atom is 0.407 e. The number of hydrogen-bond donors (Lipinski definition) is 1. The molecule has 2 aromatic rings. The summed E-state index contributed by atoms with van der Waals surface area (Å²) < 4.78 is 10.5. The van der Waals surface area contributed by atoms with E-state index in [1.54, 1.807) is 24.4 Å². The molecule has 0 radical (unpaired) electrons. The van der Waals surface area contributed by atoms with Crippen molar-refractivity contribution >= 4 is 17.9 Å². The minimum absolute atomic E-state index is 0.145. The lowest BCUT2D eigenvalue weighted by atomic mass is 10.2. The molecule has 0 saturated carbocycles. The molecule has 0 aliphatic carbocycles. The number of ether oxygens (including phenoxy) is 1. The second kappa shape index (κ2) is 8.72. The Morgan fingerprint density at radius 2 is 2.19 bits per heavy atom. The highest BCUT2D eigenvalue weighted by atomic mass is 32.2. The van der Waals surface area contributed by atoms with Crippen LogP contribution in [0.5, 0.6) is 0 Å². The number of carbonyl (C=O) groups is 1. The summed E-state index contributed by atoms with van der Waals surface area (Å²) in [7, 11) is 0. The van der Waals surface area contributed by atoms with Gasteiger partial charge >= 0.3 is 6.09 Å². The van der Waals surface area contributed by atoms with E-state index >= 15 is 0 Å². The van der Waals surface area contributed by atoms with Crippen LogP contribution in [0, 0.1) is 18.3 Å². The second-order valence-corrected chi connectivity index (χ2v) is 7.85. The summed E-state index contributed by atoms with van der Waals surface area (Å²) in [4.78, 5) is 16.3. The highest BCUT2D eigenvalue weighted by molar-refractivity contribution is 7.99. The fourth-order valence-corrected chi connectivity index (χ4v) is 3.29. The predicted octanol–water partition coefficient (Wildman–Crippen LogP) is 4.00. The third kappa shape index (κ3) is 6.08. The van der Waals surface area contributed by atoms with Crippen molar-refractivity contribution in [1.82, 2.24) is 15.5 Å². The van der Waals surface area contributed by atoms with Crippen molar-refractivity contribution in [3.8, 4) is 6.07 Å². The minimum atomic E-state index is -0.545. The van der Waals surface area contributed by atoms with Crippen molar-refractivity contribution in [2.45, 2.75) is 50.0 Å². The van der Waals surface area contributed by atoms with Gasteiger partial charge in [0.2, 0.25) is 0 Å². The Bertz CT molecular complexity index is 779. The molecule has 0 aliphatic heterocycles. The smallest absolute Gasteiger partial charge is 0.407 e. The van der Waals surface area contributed by atoms with Crippen LogP contribution in [-0.4, -0.2) is 28.4 Å². The van der Waals surface area contributed by atoms with Crippen LogP contribution in [0.3, 0.4) is 0 Å². The zero-order valence-electron chi connectivity index (χ0n) is 15.3. The average molecular weight is 374 g/mol. The summed E-state index contributed by atoms with van der Waals surface area (Å²) in [6, 6.07) is 7.48. The van der Waals surface area contributed by atoms with Gasteiger partial charge in [0.25, 0.3) is 0 Å². The maximum absolute atomic E-state index is 11.8. The maximum atomic E-state index is 11.8. The number of aromatic nitrogens is 2. The summed E-state index contributed by atoms with van der Waals surface area (Å²) >= 11 is 1.42. The van der Waals surface area contributed by atoms with Crippen molar-refractivity contribution in [3.05, 3.63) is 41.4 Å². The quantitative estimate of drug-likeness (QED) is 0.763. The Morgan fingerprint density at radius 1 is 1.42 bits per heavy atom. The van der Waals surface area contributed by atoms with Crippen LogP contribution in [0.1, 0.15) is 49.5 Å². The monoisotopic (exact) mass is 374 g/mol. The van der Waals surface area contributed by atoms with Gasteiger partial charge in [-0.05, 0) is 46.2 Å². The van der Waals surface area contributed by atoms with E-state index in [9.17, 15) is 10.1 Å². The van der Waals surface area contributed by atoms with Gasteiger partial charge in [0.1, 0.15) is 22.5 Å². The number of rotatable bonds is 6. The number of thioether (sulfide) groups is 1.